The highest BCUT2D eigenvalue weighted by Crippen LogP contribution is 2.14. The Hall–Kier alpha value is -1.57. The van der Waals surface area contributed by atoms with Gasteiger partial charge in [0.1, 0.15) is 5.69 Å². The zero-order valence-electron chi connectivity index (χ0n) is 5.82. The predicted octanol–water partition coefficient (Wildman–Crippen LogP) is 2.14. The number of hydrogen-bond acceptors (Lipinski definition) is 2. The normalized spacial score (nSPS) is 9.82. The van der Waals surface area contributed by atoms with Crippen LogP contribution >= 0.6 is 0 Å². The number of aromatic nitrogens is 1. The van der Waals surface area contributed by atoms with E-state index in [0.717, 1.165) is 11.3 Å². The first-order chi connectivity index (χ1) is 5.47. The van der Waals surface area contributed by atoms with Crippen LogP contribution in [0.15, 0.2) is 40.9 Å². The van der Waals surface area contributed by atoms with E-state index in [0.29, 0.717) is 0 Å². The molecule has 1 aromatic carbocycles. The van der Waals surface area contributed by atoms with Crippen LogP contribution in [0.1, 0.15) is 0 Å². The van der Waals surface area contributed by atoms with E-state index in [2.05, 4.69) is 15.9 Å². The molecule has 0 aliphatic heterocycles. The monoisotopic (exact) mass is 144 g/mol. The summed E-state index contributed by atoms with van der Waals surface area (Å²) in [6, 6.07) is 11.6. The summed E-state index contributed by atoms with van der Waals surface area (Å²) in [7, 11) is 0. The van der Waals surface area contributed by atoms with Crippen molar-refractivity contribution in [2.45, 2.75) is 0 Å². The molecule has 0 fully saturated rings. The van der Waals surface area contributed by atoms with Crippen LogP contribution in [0.4, 0.5) is 0 Å². The van der Waals surface area contributed by atoms with E-state index >= 15 is 0 Å². The molecular weight excluding hydrogens is 138 g/mol. The maximum absolute atomic E-state index is 4.59. The van der Waals surface area contributed by atoms with Gasteiger partial charge >= 0.3 is 0 Å². The Bertz CT molecular complexity index is 313. The minimum atomic E-state index is 0.825. The lowest BCUT2D eigenvalue weighted by molar-refractivity contribution is 0.415. The van der Waals surface area contributed by atoms with Crippen LogP contribution in [0.25, 0.3) is 11.3 Å². The van der Waals surface area contributed by atoms with Crippen LogP contribution in [0, 0.1) is 6.26 Å². The highest BCUT2D eigenvalue weighted by atomic mass is 16.5. The van der Waals surface area contributed by atoms with Crippen molar-refractivity contribution in [3.05, 3.63) is 42.7 Å². The Kier molecular flexibility index (Phi) is 1.44. The Morgan fingerprint density at radius 3 is 2.64 bits per heavy atom. The summed E-state index contributed by atoms with van der Waals surface area (Å²) in [6.07, 6.45) is 2.54. The first-order valence-electron chi connectivity index (χ1n) is 3.35. The van der Waals surface area contributed by atoms with Crippen LogP contribution in [0.3, 0.4) is 0 Å². The first-order valence-corrected chi connectivity index (χ1v) is 3.35. The van der Waals surface area contributed by atoms with Gasteiger partial charge < -0.3 is 4.52 Å². The summed E-state index contributed by atoms with van der Waals surface area (Å²) in [4.78, 5) is 0. The van der Waals surface area contributed by atoms with Crippen LogP contribution in [-0.2, 0) is 0 Å². The van der Waals surface area contributed by atoms with Gasteiger partial charge in [0.05, 0.1) is 0 Å². The zero-order chi connectivity index (χ0) is 7.52. The molecule has 53 valence electrons. The summed E-state index contributed by atoms with van der Waals surface area (Å²) in [5.74, 6) is 0. The Morgan fingerprint density at radius 2 is 2.00 bits per heavy atom. The summed E-state index contributed by atoms with van der Waals surface area (Å²) in [5, 5.41) is 3.76. The van der Waals surface area contributed by atoms with Crippen molar-refractivity contribution in [1.29, 1.82) is 0 Å². The third-order valence-corrected chi connectivity index (χ3v) is 1.46. The fourth-order valence-corrected chi connectivity index (χ4v) is 0.929. The molecule has 0 saturated carbocycles. The van der Waals surface area contributed by atoms with E-state index in [1.165, 1.54) is 0 Å². The Labute approximate surface area is 64.5 Å². The largest absolute Gasteiger partial charge is 0.352 e. The summed E-state index contributed by atoms with van der Waals surface area (Å²) >= 11 is 0. The van der Waals surface area contributed by atoms with Crippen molar-refractivity contribution in [3.8, 4) is 11.3 Å². The van der Waals surface area contributed by atoms with Gasteiger partial charge in [-0.2, -0.15) is 0 Å². The molecule has 0 N–H and O–H groups in total. The van der Waals surface area contributed by atoms with E-state index < -0.39 is 0 Å². The van der Waals surface area contributed by atoms with Crippen LogP contribution in [0.5, 0.6) is 0 Å². The molecule has 2 nitrogen and oxygen atoms in total. The lowest BCUT2D eigenvalue weighted by atomic mass is 10.2. The third-order valence-electron chi connectivity index (χ3n) is 1.46. The molecule has 0 atom stereocenters. The van der Waals surface area contributed by atoms with E-state index in [1.54, 1.807) is 6.07 Å². The van der Waals surface area contributed by atoms with E-state index in [4.69, 9.17) is 0 Å². The second-order valence-electron chi connectivity index (χ2n) is 2.20. The van der Waals surface area contributed by atoms with Gasteiger partial charge in [0.25, 0.3) is 0 Å². The first kappa shape index (κ1) is 6.16. The van der Waals surface area contributed by atoms with Crippen molar-refractivity contribution >= 4 is 0 Å². The quantitative estimate of drug-likeness (QED) is 0.612. The van der Waals surface area contributed by atoms with E-state index in [-0.39, 0.29) is 0 Å². The number of benzene rings is 1. The zero-order valence-corrected chi connectivity index (χ0v) is 5.82. The smallest absolute Gasteiger partial charge is 0.205 e. The summed E-state index contributed by atoms with van der Waals surface area (Å²) < 4.78 is 4.59. The van der Waals surface area contributed by atoms with Crippen LogP contribution in [-0.4, -0.2) is 5.16 Å². The minimum absolute atomic E-state index is 0.825. The highest BCUT2D eigenvalue weighted by Gasteiger charge is 1.97. The molecule has 0 unspecified atom stereocenters. The molecule has 0 bridgehead atoms. The predicted molar refractivity (Wildman–Crippen MR) is 40.8 cm³/mol. The topological polar surface area (TPSA) is 26.0 Å². The van der Waals surface area contributed by atoms with Crippen LogP contribution < -0.4 is 0 Å². The molecule has 0 amide bonds. The second-order valence-corrected chi connectivity index (χ2v) is 2.20. The van der Waals surface area contributed by atoms with Crippen molar-refractivity contribution in [2.24, 2.45) is 0 Å². The average Bonchev–Trinajstić information content (AvgIpc) is 2.58. The fourth-order valence-electron chi connectivity index (χ4n) is 0.929. The Morgan fingerprint density at radius 1 is 1.18 bits per heavy atom. The van der Waals surface area contributed by atoms with Crippen molar-refractivity contribution in [3.63, 3.8) is 0 Å². The number of hydrogen-bond donors (Lipinski definition) is 0. The van der Waals surface area contributed by atoms with Gasteiger partial charge in [0.2, 0.25) is 6.26 Å². The van der Waals surface area contributed by atoms with Gasteiger partial charge in [0.15, 0.2) is 0 Å². The van der Waals surface area contributed by atoms with Gasteiger partial charge in [-0.15, -0.1) is 0 Å². The van der Waals surface area contributed by atoms with Gasteiger partial charge in [-0.05, 0) is 0 Å². The number of nitrogens with zero attached hydrogens (tertiary/aromatic N) is 1. The lowest BCUT2D eigenvalue weighted by Crippen LogP contribution is -1.73. The maximum Gasteiger partial charge on any atom is 0.205 e. The molecule has 11 heavy (non-hydrogen) atoms. The van der Waals surface area contributed by atoms with E-state index in [9.17, 15) is 0 Å². The summed E-state index contributed by atoms with van der Waals surface area (Å²) in [6.45, 7) is 0. The van der Waals surface area contributed by atoms with Gasteiger partial charge in [-0.3, -0.25) is 0 Å². The second kappa shape index (κ2) is 2.58. The molecule has 0 saturated heterocycles. The Balaban J connectivity index is 2.46. The van der Waals surface area contributed by atoms with Gasteiger partial charge in [-0.25, -0.2) is 0 Å². The number of rotatable bonds is 1. The molecule has 2 rings (SSSR count). The van der Waals surface area contributed by atoms with E-state index in [1.807, 2.05) is 30.3 Å². The molecule has 1 heterocycles. The van der Waals surface area contributed by atoms with Crippen molar-refractivity contribution < 1.29 is 4.52 Å². The van der Waals surface area contributed by atoms with Crippen molar-refractivity contribution in [2.75, 3.05) is 0 Å². The standard InChI is InChI=1S/C9H6NO/c1-2-4-8(5-3-1)9-6-7-11-10-9/h1-6H. The molecule has 1 aromatic heterocycles. The molecule has 0 aliphatic rings. The minimum Gasteiger partial charge on any atom is -0.352 e. The highest BCUT2D eigenvalue weighted by molar-refractivity contribution is 5.57. The van der Waals surface area contributed by atoms with Gasteiger partial charge in [0, 0.05) is 11.6 Å². The molecule has 1 radical (unpaired) electrons. The average molecular weight is 144 g/mol. The molecule has 0 aliphatic carbocycles. The summed E-state index contributed by atoms with van der Waals surface area (Å²) in [5.41, 5.74) is 1.88. The molecule has 0 spiro atoms. The van der Waals surface area contributed by atoms with Crippen molar-refractivity contribution in [1.82, 2.24) is 5.16 Å². The maximum atomic E-state index is 4.59. The molecule has 2 heteroatoms. The van der Waals surface area contributed by atoms with Crippen LogP contribution in [0.2, 0.25) is 0 Å². The molecule has 2 aromatic rings. The third kappa shape index (κ3) is 1.15. The van der Waals surface area contributed by atoms with Gasteiger partial charge in [-0.1, -0.05) is 35.5 Å². The SMILES string of the molecule is [c]1cc(-c2ccccc2)no1. The fraction of sp³-hybridized carbons (Fsp3) is 0. The molecular formula is C9H6NO. The lowest BCUT2D eigenvalue weighted by Gasteiger charge is -1.90.